The predicted molar refractivity (Wildman–Crippen MR) is 62.3 cm³/mol. The molecule has 2 aromatic rings. The molecule has 3 heteroatoms. The molecule has 82 valence electrons. The number of carbonyl (C=O) groups excluding carboxylic acids is 1. The molecule has 0 saturated carbocycles. The second kappa shape index (κ2) is 4.75. The van der Waals surface area contributed by atoms with Crippen LogP contribution in [0.2, 0.25) is 0 Å². The van der Waals surface area contributed by atoms with Crippen molar-refractivity contribution in [3.8, 4) is 0 Å². The summed E-state index contributed by atoms with van der Waals surface area (Å²) >= 11 is 0. The average Bonchev–Trinajstić information content (AvgIpc) is 2.77. The van der Waals surface area contributed by atoms with E-state index in [2.05, 4.69) is 17.1 Å². The Labute approximate surface area is 94.7 Å². The molecule has 1 aromatic carbocycles. The van der Waals surface area contributed by atoms with Crippen LogP contribution in [0.5, 0.6) is 0 Å². The zero-order chi connectivity index (χ0) is 11.4. The number of hydrogen-bond acceptors (Lipinski definition) is 2. The Bertz CT molecular complexity index is 462. The molecule has 1 atom stereocenters. The Balaban J connectivity index is 2.22. The lowest BCUT2D eigenvalue weighted by Crippen LogP contribution is -2.06. The van der Waals surface area contributed by atoms with Crippen molar-refractivity contribution >= 4 is 6.29 Å². The molecule has 0 spiro atoms. The Morgan fingerprint density at radius 3 is 2.81 bits per heavy atom. The van der Waals surface area contributed by atoms with E-state index in [1.165, 1.54) is 5.56 Å². The van der Waals surface area contributed by atoms with Gasteiger partial charge < -0.3 is 9.36 Å². The van der Waals surface area contributed by atoms with Gasteiger partial charge in [-0.2, -0.15) is 0 Å². The Morgan fingerprint density at radius 1 is 1.38 bits per heavy atom. The highest BCUT2D eigenvalue weighted by Gasteiger charge is 2.09. The summed E-state index contributed by atoms with van der Waals surface area (Å²) in [5.41, 5.74) is 2.17. The van der Waals surface area contributed by atoms with Gasteiger partial charge in [0, 0.05) is 18.4 Å². The molecule has 0 fully saturated rings. The van der Waals surface area contributed by atoms with Crippen LogP contribution in [0.3, 0.4) is 0 Å². The Hall–Kier alpha value is -1.90. The third-order valence-corrected chi connectivity index (χ3v) is 2.61. The lowest BCUT2D eigenvalue weighted by Gasteiger charge is -2.09. The first kappa shape index (κ1) is 10.6. The predicted octanol–water partition coefficient (Wildman–Crippen LogP) is 2.23. The largest absolute Gasteiger partial charge is 0.329 e. The van der Waals surface area contributed by atoms with Gasteiger partial charge in [-0.05, 0) is 5.56 Å². The topological polar surface area (TPSA) is 34.9 Å². The second-order valence-electron chi connectivity index (χ2n) is 3.86. The van der Waals surface area contributed by atoms with Crippen molar-refractivity contribution in [1.29, 1.82) is 0 Å². The van der Waals surface area contributed by atoms with Gasteiger partial charge in [0.05, 0.1) is 12.2 Å². The highest BCUT2D eigenvalue weighted by Crippen LogP contribution is 2.13. The highest BCUT2D eigenvalue weighted by molar-refractivity contribution is 5.60. The van der Waals surface area contributed by atoms with E-state index in [0.717, 1.165) is 18.5 Å². The summed E-state index contributed by atoms with van der Waals surface area (Å²) < 4.78 is 2.01. The SMILES string of the molecule is CC(C=O)c1cncn1Cc1ccccc1. The number of aromatic nitrogens is 2. The van der Waals surface area contributed by atoms with Crippen LogP contribution in [0.25, 0.3) is 0 Å². The van der Waals surface area contributed by atoms with Gasteiger partial charge in [-0.15, -0.1) is 0 Å². The van der Waals surface area contributed by atoms with E-state index in [-0.39, 0.29) is 5.92 Å². The summed E-state index contributed by atoms with van der Waals surface area (Å²) in [6.07, 6.45) is 4.46. The van der Waals surface area contributed by atoms with Crippen LogP contribution in [-0.2, 0) is 11.3 Å². The van der Waals surface area contributed by atoms with Crippen LogP contribution in [0.1, 0.15) is 24.1 Å². The van der Waals surface area contributed by atoms with Gasteiger partial charge in [-0.1, -0.05) is 37.3 Å². The fourth-order valence-electron chi connectivity index (χ4n) is 1.69. The third-order valence-electron chi connectivity index (χ3n) is 2.61. The summed E-state index contributed by atoms with van der Waals surface area (Å²) in [5, 5.41) is 0. The summed E-state index contributed by atoms with van der Waals surface area (Å²) in [6.45, 7) is 2.64. The fraction of sp³-hybridized carbons (Fsp3) is 0.231. The Kier molecular flexibility index (Phi) is 3.15. The molecule has 1 unspecified atom stereocenters. The van der Waals surface area contributed by atoms with Crippen molar-refractivity contribution in [2.45, 2.75) is 19.4 Å². The zero-order valence-electron chi connectivity index (χ0n) is 9.21. The van der Waals surface area contributed by atoms with Crippen molar-refractivity contribution < 1.29 is 4.79 Å². The van der Waals surface area contributed by atoms with Crippen LogP contribution in [0.4, 0.5) is 0 Å². The summed E-state index contributed by atoms with van der Waals surface area (Å²) in [6, 6.07) is 10.1. The molecule has 1 heterocycles. The standard InChI is InChI=1S/C13H14N2O/c1-11(9-16)13-7-14-10-15(13)8-12-5-3-2-4-6-12/h2-7,9-11H,8H2,1H3. The first-order chi connectivity index (χ1) is 7.81. The van der Waals surface area contributed by atoms with Crippen molar-refractivity contribution in [3.05, 3.63) is 54.1 Å². The van der Waals surface area contributed by atoms with Crippen molar-refractivity contribution in [2.24, 2.45) is 0 Å². The van der Waals surface area contributed by atoms with Crippen LogP contribution in [-0.4, -0.2) is 15.8 Å². The number of hydrogen-bond donors (Lipinski definition) is 0. The molecule has 0 saturated heterocycles. The molecular weight excluding hydrogens is 200 g/mol. The molecule has 0 radical (unpaired) electrons. The average molecular weight is 214 g/mol. The van der Waals surface area contributed by atoms with Crippen LogP contribution in [0, 0.1) is 0 Å². The quantitative estimate of drug-likeness (QED) is 0.731. The molecular formula is C13H14N2O. The molecule has 0 aliphatic rings. The van der Waals surface area contributed by atoms with Crippen molar-refractivity contribution in [1.82, 2.24) is 9.55 Å². The molecule has 2 rings (SSSR count). The molecule has 3 nitrogen and oxygen atoms in total. The zero-order valence-corrected chi connectivity index (χ0v) is 9.21. The lowest BCUT2D eigenvalue weighted by molar-refractivity contribution is -0.108. The van der Waals surface area contributed by atoms with E-state index < -0.39 is 0 Å². The first-order valence-electron chi connectivity index (χ1n) is 5.30. The van der Waals surface area contributed by atoms with Crippen molar-refractivity contribution in [3.63, 3.8) is 0 Å². The van der Waals surface area contributed by atoms with Gasteiger partial charge >= 0.3 is 0 Å². The van der Waals surface area contributed by atoms with E-state index in [1.807, 2.05) is 29.7 Å². The fourth-order valence-corrected chi connectivity index (χ4v) is 1.69. The number of nitrogens with zero attached hydrogens (tertiary/aromatic N) is 2. The van der Waals surface area contributed by atoms with E-state index in [1.54, 1.807) is 12.5 Å². The maximum Gasteiger partial charge on any atom is 0.128 e. The minimum Gasteiger partial charge on any atom is -0.329 e. The summed E-state index contributed by atoms with van der Waals surface area (Å²) in [7, 11) is 0. The molecule has 1 aromatic heterocycles. The molecule has 0 bridgehead atoms. The van der Waals surface area contributed by atoms with E-state index >= 15 is 0 Å². The first-order valence-corrected chi connectivity index (χ1v) is 5.30. The number of benzene rings is 1. The number of rotatable bonds is 4. The van der Waals surface area contributed by atoms with Crippen LogP contribution < -0.4 is 0 Å². The third kappa shape index (κ3) is 2.19. The summed E-state index contributed by atoms with van der Waals surface area (Å²) in [5.74, 6) is -0.105. The number of aldehydes is 1. The van der Waals surface area contributed by atoms with Gasteiger partial charge in [0.1, 0.15) is 6.29 Å². The van der Waals surface area contributed by atoms with Crippen LogP contribution in [0.15, 0.2) is 42.9 Å². The van der Waals surface area contributed by atoms with E-state index in [0.29, 0.717) is 0 Å². The minimum atomic E-state index is -0.105. The number of imidazole rings is 1. The van der Waals surface area contributed by atoms with Gasteiger partial charge in [0.2, 0.25) is 0 Å². The number of carbonyl (C=O) groups is 1. The normalized spacial score (nSPS) is 12.3. The molecule has 0 amide bonds. The maximum absolute atomic E-state index is 10.8. The van der Waals surface area contributed by atoms with E-state index in [4.69, 9.17) is 0 Å². The smallest absolute Gasteiger partial charge is 0.128 e. The molecule has 16 heavy (non-hydrogen) atoms. The van der Waals surface area contributed by atoms with Gasteiger partial charge in [0.15, 0.2) is 0 Å². The van der Waals surface area contributed by atoms with Crippen LogP contribution >= 0.6 is 0 Å². The molecule has 0 aliphatic carbocycles. The van der Waals surface area contributed by atoms with Gasteiger partial charge in [-0.3, -0.25) is 0 Å². The summed E-state index contributed by atoms with van der Waals surface area (Å²) in [4.78, 5) is 14.9. The molecule has 0 N–H and O–H groups in total. The maximum atomic E-state index is 10.8. The lowest BCUT2D eigenvalue weighted by atomic mass is 10.1. The second-order valence-corrected chi connectivity index (χ2v) is 3.86. The van der Waals surface area contributed by atoms with Gasteiger partial charge in [0.25, 0.3) is 0 Å². The molecule has 0 aliphatic heterocycles. The van der Waals surface area contributed by atoms with E-state index in [9.17, 15) is 4.79 Å². The monoisotopic (exact) mass is 214 g/mol. The van der Waals surface area contributed by atoms with Gasteiger partial charge in [-0.25, -0.2) is 4.98 Å². The minimum absolute atomic E-state index is 0.105. The highest BCUT2D eigenvalue weighted by atomic mass is 16.1. The Morgan fingerprint density at radius 2 is 2.12 bits per heavy atom. The van der Waals surface area contributed by atoms with Crippen molar-refractivity contribution in [2.75, 3.05) is 0 Å².